The van der Waals surface area contributed by atoms with Crippen molar-refractivity contribution < 1.29 is 19.1 Å². The third-order valence-electron chi connectivity index (χ3n) is 8.52. The maximum Gasteiger partial charge on any atom is 0.242 e. The average molecular weight is 611 g/mol. The lowest BCUT2D eigenvalue weighted by molar-refractivity contribution is -0.132. The van der Waals surface area contributed by atoms with Crippen molar-refractivity contribution >= 4 is 29.4 Å². The van der Waals surface area contributed by atoms with Crippen molar-refractivity contribution in [1.29, 1.82) is 0 Å². The van der Waals surface area contributed by atoms with Gasteiger partial charge < -0.3 is 14.4 Å². The summed E-state index contributed by atoms with van der Waals surface area (Å²) in [6.45, 7) is 5.65. The van der Waals surface area contributed by atoms with Crippen molar-refractivity contribution in [2.45, 2.75) is 31.9 Å². The van der Waals surface area contributed by atoms with Crippen molar-refractivity contribution in [2.75, 3.05) is 44.5 Å². The summed E-state index contributed by atoms with van der Waals surface area (Å²) in [6.07, 6.45) is 1.95. The number of likely N-dealkylation sites (tertiary alicyclic amines) is 1. The summed E-state index contributed by atoms with van der Waals surface area (Å²) >= 11 is 1.54. The molecule has 0 saturated carbocycles. The smallest absolute Gasteiger partial charge is 0.242 e. The summed E-state index contributed by atoms with van der Waals surface area (Å²) in [5, 5.41) is 4.94. The third-order valence-corrected chi connectivity index (χ3v) is 9.78. The van der Waals surface area contributed by atoms with E-state index >= 15 is 0 Å². The molecule has 2 aliphatic heterocycles. The fourth-order valence-electron chi connectivity index (χ4n) is 6.04. The Hall–Kier alpha value is -4.24. The molecule has 3 aromatic carbocycles. The zero-order chi connectivity index (χ0) is 30.8. The topological polar surface area (TPSA) is 76.9 Å². The number of piperidine rings is 1. The number of fused-ring (bicyclic) bond motifs is 1. The van der Waals surface area contributed by atoms with Crippen LogP contribution >= 0.6 is 11.8 Å². The zero-order valence-electron chi connectivity index (χ0n) is 25.7. The number of hydrogen-bond donors (Lipinski definition) is 0. The van der Waals surface area contributed by atoms with Gasteiger partial charge in [0, 0.05) is 24.2 Å². The largest absolute Gasteiger partial charge is 0.493 e. The van der Waals surface area contributed by atoms with Crippen LogP contribution in [0.4, 0.5) is 5.82 Å². The van der Waals surface area contributed by atoms with Crippen LogP contribution in [0.5, 0.6) is 11.5 Å². The molecule has 1 saturated heterocycles. The summed E-state index contributed by atoms with van der Waals surface area (Å²) in [5.41, 5.74) is 5.46. The van der Waals surface area contributed by atoms with Crippen molar-refractivity contribution in [2.24, 2.45) is 5.92 Å². The molecule has 228 valence electrons. The van der Waals surface area contributed by atoms with E-state index in [0.29, 0.717) is 36.3 Å². The Labute approximate surface area is 263 Å². The minimum Gasteiger partial charge on any atom is -0.493 e. The van der Waals surface area contributed by atoms with Gasteiger partial charge in [-0.1, -0.05) is 55.5 Å². The Morgan fingerprint density at radius 1 is 0.955 bits per heavy atom. The normalized spacial score (nSPS) is 17.3. The van der Waals surface area contributed by atoms with Crippen LogP contribution in [-0.2, 0) is 9.59 Å². The molecule has 9 heteroatoms. The Kier molecular flexibility index (Phi) is 8.66. The highest BCUT2D eigenvalue weighted by Crippen LogP contribution is 2.49. The lowest BCUT2D eigenvalue weighted by Crippen LogP contribution is -2.46. The predicted molar refractivity (Wildman–Crippen MR) is 175 cm³/mol. The second-order valence-electron chi connectivity index (χ2n) is 11.6. The summed E-state index contributed by atoms with van der Waals surface area (Å²) in [4.78, 5) is 31.5. The molecule has 0 aliphatic carbocycles. The molecule has 2 amide bonds. The highest BCUT2D eigenvalue weighted by Gasteiger charge is 2.38. The number of methoxy groups -OCH3 is 2. The third kappa shape index (κ3) is 5.80. The molecule has 0 radical (unpaired) electrons. The molecule has 2 aliphatic rings. The standard InChI is InChI=1S/C35H38N4O4S/c1-23-15-17-37(18-16-23)30(40)21-38-31(41)22-44-34(26-13-14-28(42-3)29(20-26)43-4)32-33(25-10-6-5-7-11-25)36-39(35(32)38)27-12-8-9-24(2)19-27/h5-14,19-20,23,34H,15-18,21-22H2,1-4H3/t34-/m0/s1. The fourth-order valence-corrected chi connectivity index (χ4v) is 7.23. The van der Waals surface area contributed by atoms with E-state index in [9.17, 15) is 9.59 Å². The van der Waals surface area contributed by atoms with Gasteiger partial charge in [-0.25, -0.2) is 4.68 Å². The molecule has 0 spiro atoms. The van der Waals surface area contributed by atoms with Crippen molar-refractivity contribution in [3.8, 4) is 28.4 Å². The van der Waals surface area contributed by atoms with Crippen LogP contribution in [0.25, 0.3) is 16.9 Å². The summed E-state index contributed by atoms with van der Waals surface area (Å²) in [5.74, 6) is 2.52. The molecule has 1 aromatic heterocycles. The second kappa shape index (κ2) is 12.8. The van der Waals surface area contributed by atoms with Gasteiger partial charge in [0.2, 0.25) is 11.8 Å². The van der Waals surface area contributed by atoms with E-state index in [1.54, 1.807) is 30.9 Å². The van der Waals surface area contributed by atoms with E-state index in [4.69, 9.17) is 14.6 Å². The molecule has 1 atom stereocenters. The second-order valence-corrected chi connectivity index (χ2v) is 12.6. The summed E-state index contributed by atoms with van der Waals surface area (Å²) in [6, 6.07) is 24.0. The number of aromatic nitrogens is 2. The number of carbonyl (C=O) groups is 2. The molecule has 6 rings (SSSR count). The number of rotatable bonds is 7. The van der Waals surface area contributed by atoms with E-state index in [1.165, 1.54) is 0 Å². The van der Waals surface area contributed by atoms with Gasteiger partial charge in [0.1, 0.15) is 12.4 Å². The number of nitrogens with zero attached hydrogens (tertiary/aromatic N) is 4. The van der Waals surface area contributed by atoms with Gasteiger partial charge in [-0.15, -0.1) is 11.8 Å². The molecular formula is C35H38N4O4S. The number of anilines is 1. The minimum atomic E-state index is -0.265. The maximum absolute atomic E-state index is 14.1. The van der Waals surface area contributed by atoms with E-state index in [2.05, 4.69) is 13.0 Å². The molecule has 3 heterocycles. The highest BCUT2D eigenvalue weighted by atomic mass is 32.2. The first-order valence-electron chi connectivity index (χ1n) is 15.0. The van der Waals surface area contributed by atoms with Crippen molar-refractivity contribution in [3.63, 3.8) is 0 Å². The lowest BCUT2D eigenvalue weighted by Gasteiger charge is -2.32. The van der Waals surface area contributed by atoms with Crippen molar-refractivity contribution in [1.82, 2.24) is 14.7 Å². The summed E-state index contributed by atoms with van der Waals surface area (Å²) in [7, 11) is 3.24. The SMILES string of the molecule is COc1ccc([C@@H]2SCC(=O)N(CC(=O)N3CCC(C)CC3)c3c2c(-c2ccccc2)nn3-c2cccc(C)c2)cc1OC. The van der Waals surface area contributed by atoms with Crippen LogP contribution < -0.4 is 14.4 Å². The Morgan fingerprint density at radius 2 is 1.70 bits per heavy atom. The molecule has 44 heavy (non-hydrogen) atoms. The van der Waals surface area contributed by atoms with Gasteiger partial charge in [0.05, 0.1) is 36.6 Å². The number of ether oxygens (including phenoxy) is 2. The number of benzene rings is 3. The van der Waals surface area contributed by atoms with E-state index in [0.717, 1.165) is 46.5 Å². The molecule has 1 fully saturated rings. The quantitative estimate of drug-likeness (QED) is 0.245. The van der Waals surface area contributed by atoms with Gasteiger partial charge >= 0.3 is 0 Å². The van der Waals surface area contributed by atoms with Gasteiger partial charge in [-0.2, -0.15) is 5.10 Å². The van der Waals surface area contributed by atoms with Crippen LogP contribution in [0.1, 0.15) is 41.7 Å². The van der Waals surface area contributed by atoms with Crippen LogP contribution in [0.3, 0.4) is 0 Å². The molecular weight excluding hydrogens is 572 g/mol. The zero-order valence-corrected chi connectivity index (χ0v) is 26.5. The predicted octanol–water partition coefficient (Wildman–Crippen LogP) is 6.29. The number of amides is 2. The minimum absolute atomic E-state index is 0.0365. The highest BCUT2D eigenvalue weighted by molar-refractivity contribution is 8.00. The lowest BCUT2D eigenvalue weighted by atomic mass is 9.98. The first-order valence-corrected chi connectivity index (χ1v) is 16.1. The summed E-state index contributed by atoms with van der Waals surface area (Å²) < 4.78 is 13.1. The average Bonchev–Trinajstić information content (AvgIpc) is 3.37. The first-order chi connectivity index (χ1) is 21.4. The fraction of sp³-hybridized carbons (Fsp3) is 0.343. The van der Waals surface area contributed by atoms with E-state index in [1.807, 2.05) is 83.2 Å². The van der Waals surface area contributed by atoms with Gasteiger partial charge in [-0.05, 0) is 61.1 Å². The Bertz CT molecular complexity index is 1660. The number of thioether (sulfide) groups is 1. The van der Waals surface area contributed by atoms with Crippen molar-refractivity contribution in [3.05, 3.63) is 89.5 Å². The first kappa shape index (κ1) is 29.8. The number of carbonyl (C=O) groups excluding carboxylic acids is 2. The van der Waals surface area contributed by atoms with Crippen LogP contribution in [-0.4, -0.2) is 66.1 Å². The van der Waals surface area contributed by atoms with E-state index < -0.39 is 0 Å². The van der Waals surface area contributed by atoms with E-state index in [-0.39, 0.29) is 29.4 Å². The number of hydrogen-bond acceptors (Lipinski definition) is 6. The van der Waals surface area contributed by atoms with Crippen LogP contribution in [0, 0.1) is 12.8 Å². The Balaban J connectivity index is 1.57. The molecule has 0 unspecified atom stereocenters. The van der Waals surface area contributed by atoms with Gasteiger partial charge in [0.25, 0.3) is 0 Å². The van der Waals surface area contributed by atoms with Crippen LogP contribution in [0.15, 0.2) is 72.8 Å². The van der Waals surface area contributed by atoms with Crippen LogP contribution in [0.2, 0.25) is 0 Å². The molecule has 0 bridgehead atoms. The molecule has 8 nitrogen and oxygen atoms in total. The molecule has 4 aromatic rings. The van der Waals surface area contributed by atoms with Gasteiger partial charge in [-0.3, -0.25) is 14.5 Å². The van der Waals surface area contributed by atoms with Gasteiger partial charge in [0.15, 0.2) is 11.5 Å². The maximum atomic E-state index is 14.1. The monoisotopic (exact) mass is 610 g/mol. The molecule has 0 N–H and O–H groups in total. The number of aryl methyl sites for hydroxylation is 1. The Morgan fingerprint density at radius 3 is 2.41 bits per heavy atom.